The highest BCUT2D eigenvalue weighted by atomic mass is 16.5. The van der Waals surface area contributed by atoms with Crippen LogP contribution in [0.1, 0.15) is 59.3 Å². The average Bonchev–Trinajstić information content (AvgIpc) is 2.76. The number of aliphatic hydroxyl groups is 1. The van der Waals surface area contributed by atoms with Crippen LogP contribution in [0.25, 0.3) is 10.8 Å². The average molecular weight is 403 g/mol. The van der Waals surface area contributed by atoms with Crippen LogP contribution in [0.2, 0.25) is 0 Å². The first kappa shape index (κ1) is 23.5. The second-order valence-electron chi connectivity index (χ2n) is 7.73. The molecule has 0 bridgehead atoms. The predicted molar refractivity (Wildman–Crippen MR) is 120 cm³/mol. The first-order valence-corrected chi connectivity index (χ1v) is 11.2. The van der Waals surface area contributed by atoms with Crippen molar-refractivity contribution >= 4 is 10.8 Å². The maximum atomic E-state index is 10.1. The fourth-order valence-corrected chi connectivity index (χ4v) is 3.30. The van der Waals surface area contributed by atoms with Crippen LogP contribution >= 0.6 is 0 Å². The van der Waals surface area contributed by atoms with Gasteiger partial charge in [0.2, 0.25) is 0 Å². The number of aliphatic hydroxyl groups excluding tert-OH is 1. The Balaban J connectivity index is 1.99. The lowest BCUT2D eigenvalue weighted by Crippen LogP contribution is -2.23. The van der Waals surface area contributed by atoms with Gasteiger partial charge in [-0.15, -0.1) is 0 Å². The lowest BCUT2D eigenvalue weighted by molar-refractivity contribution is 0.0116. The van der Waals surface area contributed by atoms with Gasteiger partial charge in [0.1, 0.15) is 24.2 Å². The van der Waals surface area contributed by atoms with Crippen LogP contribution in [0, 0.1) is 5.92 Å². The molecule has 0 aliphatic heterocycles. The van der Waals surface area contributed by atoms with E-state index in [1.807, 2.05) is 30.3 Å². The lowest BCUT2D eigenvalue weighted by Gasteiger charge is -2.18. The number of ether oxygens (including phenoxy) is 3. The molecule has 0 aliphatic rings. The second kappa shape index (κ2) is 13.4. The third kappa shape index (κ3) is 7.87. The summed E-state index contributed by atoms with van der Waals surface area (Å²) in [6, 6.07) is 12.0. The maximum absolute atomic E-state index is 10.1. The molecule has 162 valence electrons. The molecule has 0 aliphatic carbocycles. The quantitative estimate of drug-likeness (QED) is 0.372. The number of fused-ring (bicyclic) bond motifs is 1. The monoisotopic (exact) mass is 402 g/mol. The molecule has 0 fully saturated rings. The van der Waals surface area contributed by atoms with Gasteiger partial charge in [-0.1, -0.05) is 70.7 Å². The van der Waals surface area contributed by atoms with E-state index < -0.39 is 6.10 Å². The molecule has 2 unspecified atom stereocenters. The van der Waals surface area contributed by atoms with E-state index in [4.69, 9.17) is 14.2 Å². The number of hydrogen-bond donors (Lipinski definition) is 1. The molecule has 0 saturated heterocycles. The Bertz CT molecular complexity index is 700. The molecule has 0 spiro atoms. The van der Waals surface area contributed by atoms with Crippen molar-refractivity contribution in [1.82, 2.24) is 0 Å². The van der Waals surface area contributed by atoms with Crippen molar-refractivity contribution in [2.45, 2.75) is 65.4 Å². The Morgan fingerprint density at radius 2 is 1.41 bits per heavy atom. The van der Waals surface area contributed by atoms with Gasteiger partial charge in [-0.05, 0) is 30.9 Å². The zero-order valence-electron chi connectivity index (χ0n) is 18.4. The Morgan fingerprint density at radius 1 is 0.793 bits per heavy atom. The van der Waals surface area contributed by atoms with Gasteiger partial charge in [0.15, 0.2) is 0 Å². The standard InChI is InChI=1S/C25H38O4/c1-4-7-11-20(6-3)17-28-24-14-15-25(23-13-10-9-12-22(23)24)29-19-21(26)18-27-16-8-5-2/h9-10,12-15,20-21,26H,4-8,11,16-19H2,1-3H3. The van der Waals surface area contributed by atoms with Gasteiger partial charge in [0.25, 0.3) is 0 Å². The van der Waals surface area contributed by atoms with E-state index in [0.29, 0.717) is 19.1 Å². The van der Waals surface area contributed by atoms with Crippen LogP contribution in [0.3, 0.4) is 0 Å². The summed E-state index contributed by atoms with van der Waals surface area (Å²) in [7, 11) is 0. The fraction of sp³-hybridized carbons (Fsp3) is 0.600. The summed E-state index contributed by atoms with van der Waals surface area (Å²) in [5.74, 6) is 2.25. The van der Waals surface area contributed by atoms with Crippen molar-refractivity contribution < 1.29 is 19.3 Å². The highest BCUT2D eigenvalue weighted by Gasteiger charge is 2.12. The smallest absolute Gasteiger partial charge is 0.127 e. The van der Waals surface area contributed by atoms with Gasteiger partial charge in [0, 0.05) is 17.4 Å². The van der Waals surface area contributed by atoms with Crippen LogP contribution in [0.4, 0.5) is 0 Å². The van der Waals surface area contributed by atoms with Crippen LogP contribution in [-0.2, 0) is 4.74 Å². The van der Waals surface area contributed by atoms with E-state index in [2.05, 4.69) is 26.8 Å². The molecule has 0 amide bonds. The van der Waals surface area contributed by atoms with E-state index in [9.17, 15) is 5.11 Å². The zero-order valence-corrected chi connectivity index (χ0v) is 18.4. The molecule has 2 aromatic carbocycles. The molecule has 1 N–H and O–H groups in total. The first-order chi connectivity index (χ1) is 14.2. The van der Waals surface area contributed by atoms with Gasteiger partial charge in [-0.2, -0.15) is 0 Å². The van der Waals surface area contributed by atoms with Crippen LogP contribution in [-0.4, -0.2) is 37.6 Å². The van der Waals surface area contributed by atoms with Crippen molar-refractivity contribution in [3.8, 4) is 11.5 Å². The molecular formula is C25H38O4. The number of unbranched alkanes of at least 4 members (excludes halogenated alkanes) is 2. The van der Waals surface area contributed by atoms with Crippen molar-refractivity contribution in [3.05, 3.63) is 36.4 Å². The Morgan fingerprint density at radius 3 is 2.00 bits per heavy atom. The fourth-order valence-electron chi connectivity index (χ4n) is 3.30. The maximum Gasteiger partial charge on any atom is 0.127 e. The van der Waals surface area contributed by atoms with Gasteiger partial charge in [-0.25, -0.2) is 0 Å². The summed E-state index contributed by atoms with van der Waals surface area (Å²) in [5, 5.41) is 12.2. The second-order valence-corrected chi connectivity index (χ2v) is 7.73. The molecule has 2 atom stereocenters. The van der Waals surface area contributed by atoms with Crippen LogP contribution in [0.15, 0.2) is 36.4 Å². The molecular weight excluding hydrogens is 364 g/mol. The van der Waals surface area contributed by atoms with Crippen LogP contribution in [0.5, 0.6) is 11.5 Å². The van der Waals surface area contributed by atoms with Crippen molar-refractivity contribution in [1.29, 1.82) is 0 Å². The predicted octanol–water partition coefficient (Wildman–Crippen LogP) is 5.99. The van der Waals surface area contributed by atoms with E-state index >= 15 is 0 Å². The minimum absolute atomic E-state index is 0.214. The summed E-state index contributed by atoms with van der Waals surface area (Å²) in [6.07, 6.45) is 6.29. The van der Waals surface area contributed by atoms with Gasteiger partial charge in [0.05, 0.1) is 13.2 Å². The molecule has 0 radical (unpaired) electrons. The van der Waals surface area contributed by atoms with Crippen molar-refractivity contribution in [2.24, 2.45) is 5.92 Å². The zero-order chi connectivity index (χ0) is 20.9. The molecule has 0 heterocycles. The summed E-state index contributed by atoms with van der Waals surface area (Å²) in [4.78, 5) is 0. The summed E-state index contributed by atoms with van der Waals surface area (Å²) in [6.45, 7) is 8.52. The normalized spacial score (nSPS) is 13.4. The van der Waals surface area contributed by atoms with E-state index in [1.54, 1.807) is 0 Å². The van der Waals surface area contributed by atoms with Gasteiger partial charge in [-0.3, -0.25) is 0 Å². The van der Waals surface area contributed by atoms with E-state index in [1.165, 1.54) is 19.3 Å². The Hall–Kier alpha value is -1.78. The first-order valence-electron chi connectivity index (χ1n) is 11.2. The van der Waals surface area contributed by atoms with Gasteiger partial charge >= 0.3 is 0 Å². The molecule has 4 heteroatoms. The number of benzene rings is 2. The summed E-state index contributed by atoms with van der Waals surface area (Å²) < 4.78 is 17.6. The highest BCUT2D eigenvalue weighted by Crippen LogP contribution is 2.33. The third-order valence-electron chi connectivity index (χ3n) is 5.25. The molecule has 29 heavy (non-hydrogen) atoms. The highest BCUT2D eigenvalue weighted by molar-refractivity contribution is 5.93. The van der Waals surface area contributed by atoms with E-state index in [0.717, 1.165) is 48.1 Å². The molecule has 0 aromatic heterocycles. The van der Waals surface area contributed by atoms with Crippen molar-refractivity contribution in [2.75, 3.05) is 26.4 Å². The minimum Gasteiger partial charge on any atom is -0.493 e. The summed E-state index contributed by atoms with van der Waals surface area (Å²) >= 11 is 0. The molecule has 2 aromatic rings. The lowest BCUT2D eigenvalue weighted by atomic mass is 10.0. The molecule has 0 saturated carbocycles. The SMILES string of the molecule is CCCCOCC(O)COc1ccc(OCC(CC)CCCC)c2ccccc12. The van der Waals surface area contributed by atoms with E-state index in [-0.39, 0.29) is 6.61 Å². The summed E-state index contributed by atoms with van der Waals surface area (Å²) in [5.41, 5.74) is 0. The van der Waals surface area contributed by atoms with Crippen molar-refractivity contribution in [3.63, 3.8) is 0 Å². The third-order valence-corrected chi connectivity index (χ3v) is 5.25. The van der Waals surface area contributed by atoms with Gasteiger partial charge < -0.3 is 19.3 Å². The Kier molecular flexibility index (Phi) is 10.9. The molecule has 4 nitrogen and oxygen atoms in total. The molecule has 2 rings (SSSR count). The minimum atomic E-state index is -0.634. The Labute approximate surface area is 176 Å². The largest absolute Gasteiger partial charge is 0.493 e. The number of hydrogen-bond acceptors (Lipinski definition) is 4. The number of rotatable bonds is 15. The topological polar surface area (TPSA) is 47.9 Å². The van der Waals surface area contributed by atoms with Crippen LogP contribution < -0.4 is 9.47 Å².